The molecule has 0 saturated heterocycles. The maximum absolute atomic E-state index is 13.3. The van der Waals surface area contributed by atoms with E-state index in [9.17, 15) is 18.0 Å². The molecule has 0 N–H and O–H groups in total. The summed E-state index contributed by atoms with van der Waals surface area (Å²) in [4.78, 5) is 27.8. The Balaban J connectivity index is 1.29. The normalized spacial score (nSPS) is 12.7. The van der Waals surface area contributed by atoms with Crippen molar-refractivity contribution in [2.75, 3.05) is 12.8 Å². The monoisotopic (exact) mass is 667 g/mol. The molecule has 0 bridgehead atoms. The average Bonchev–Trinajstić information content (AvgIpc) is 3.65. The minimum absolute atomic E-state index is 0.118. The second kappa shape index (κ2) is 14.3. The van der Waals surface area contributed by atoms with Crippen LogP contribution in [0.2, 0.25) is 0 Å². The third-order valence-corrected chi connectivity index (χ3v) is 8.59. The van der Waals surface area contributed by atoms with Crippen LogP contribution in [0.1, 0.15) is 37.8 Å². The first-order valence-corrected chi connectivity index (χ1v) is 16.5. The van der Waals surface area contributed by atoms with Gasteiger partial charge in [0.25, 0.3) is 0 Å². The molecule has 240 valence electrons. The summed E-state index contributed by atoms with van der Waals surface area (Å²) in [6, 6.07) is 21.1. The van der Waals surface area contributed by atoms with Crippen molar-refractivity contribution in [2.24, 2.45) is 9.98 Å². The Bertz CT molecular complexity index is 1940. The zero-order chi connectivity index (χ0) is 32.8. The molecule has 14 heteroatoms. The zero-order valence-corrected chi connectivity index (χ0v) is 27.2. The molecule has 0 unspecified atom stereocenters. The topological polar surface area (TPSA) is 91.6 Å². The number of halogens is 3. The molecule has 0 radical (unpaired) electrons. The second-order valence-corrected chi connectivity index (χ2v) is 12.1. The molecule has 0 aliphatic carbocycles. The molecule has 0 aliphatic rings. The van der Waals surface area contributed by atoms with E-state index in [1.165, 1.54) is 58.6 Å². The summed E-state index contributed by atoms with van der Waals surface area (Å²) in [5, 5.41) is 5.05. The van der Waals surface area contributed by atoms with E-state index in [-0.39, 0.29) is 17.4 Å². The van der Waals surface area contributed by atoms with Crippen LogP contribution < -0.4 is 15.2 Å². The number of rotatable bonds is 9. The molecular formula is C32H32F3N7O2S2. The summed E-state index contributed by atoms with van der Waals surface area (Å²) in [5.41, 5.74) is 4.19. The molecular weight excluding hydrogens is 636 g/mol. The summed E-state index contributed by atoms with van der Waals surface area (Å²) in [7, 11) is 0. The second-order valence-electron chi connectivity index (χ2n) is 10.4. The van der Waals surface area contributed by atoms with Gasteiger partial charge in [-0.1, -0.05) is 68.1 Å². The van der Waals surface area contributed by atoms with Crippen LogP contribution in [0.3, 0.4) is 0 Å². The molecule has 0 atom stereocenters. The van der Waals surface area contributed by atoms with Crippen LogP contribution >= 0.6 is 23.3 Å². The zero-order valence-electron chi connectivity index (χ0n) is 25.6. The van der Waals surface area contributed by atoms with Crippen molar-refractivity contribution < 1.29 is 17.9 Å². The molecule has 0 fully saturated rings. The van der Waals surface area contributed by atoms with Crippen molar-refractivity contribution in [3.63, 3.8) is 0 Å². The first-order valence-electron chi connectivity index (χ1n) is 14.5. The van der Waals surface area contributed by atoms with Crippen molar-refractivity contribution in [2.45, 2.75) is 46.0 Å². The van der Waals surface area contributed by atoms with Crippen LogP contribution in [0, 0.1) is 0 Å². The SMILES string of the molecule is CCn1sc(=NC(=NCCc2ccc(-c3ncn(-c4ccc(OC(F)(F)F)cc4)n3)cc2)SC)n(-c2ccccc2C(C)C)c1=O. The quantitative estimate of drug-likeness (QED) is 0.127. The van der Waals surface area contributed by atoms with Gasteiger partial charge in [0.1, 0.15) is 12.1 Å². The van der Waals surface area contributed by atoms with Gasteiger partial charge in [-0.3, -0.25) is 4.99 Å². The molecule has 2 aromatic heterocycles. The third kappa shape index (κ3) is 7.85. The molecule has 46 heavy (non-hydrogen) atoms. The highest BCUT2D eigenvalue weighted by Crippen LogP contribution is 2.24. The standard InChI is InChI=1S/C32H32F3N7O2S2/c1-5-41-31(43)42(27-9-7-6-8-26(27)21(2)3)30(46-41)38-29(45-4)36-19-18-22-10-12-23(13-11-22)28-37-20-40(39-28)24-14-16-25(17-15-24)44-32(33,34)35/h6-17,20-21H,5,18-19H2,1-4H3. The predicted molar refractivity (Wildman–Crippen MR) is 176 cm³/mol. The van der Waals surface area contributed by atoms with Gasteiger partial charge in [-0.25, -0.2) is 23.0 Å². The van der Waals surface area contributed by atoms with E-state index in [1.54, 1.807) is 8.52 Å². The van der Waals surface area contributed by atoms with Crippen molar-refractivity contribution in [1.29, 1.82) is 0 Å². The number of nitrogens with zero attached hydrogens (tertiary/aromatic N) is 7. The molecule has 0 saturated carbocycles. The number of para-hydroxylation sites is 1. The molecule has 0 spiro atoms. The first-order chi connectivity index (χ1) is 22.1. The van der Waals surface area contributed by atoms with Crippen LogP contribution in [0.4, 0.5) is 13.2 Å². The first kappa shape index (κ1) is 32.9. The van der Waals surface area contributed by atoms with Crippen molar-refractivity contribution >= 4 is 28.5 Å². The average molecular weight is 668 g/mol. The lowest BCUT2D eigenvalue weighted by molar-refractivity contribution is -0.274. The highest BCUT2D eigenvalue weighted by atomic mass is 32.2. The van der Waals surface area contributed by atoms with E-state index in [1.807, 2.05) is 61.7 Å². The Kier molecular flexibility index (Phi) is 10.3. The molecule has 0 aliphatic heterocycles. The van der Waals surface area contributed by atoms with Crippen LogP contribution in [-0.4, -0.2) is 47.6 Å². The van der Waals surface area contributed by atoms with E-state index in [4.69, 9.17) is 9.98 Å². The fourth-order valence-electron chi connectivity index (χ4n) is 4.68. The summed E-state index contributed by atoms with van der Waals surface area (Å²) < 4.78 is 46.1. The minimum Gasteiger partial charge on any atom is -0.406 e. The summed E-state index contributed by atoms with van der Waals surface area (Å²) >= 11 is 2.75. The van der Waals surface area contributed by atoms with Gasteiger partial charge in [0.05, 0.1) is 11.4 Å². The van der Waals surface area contributed by atoms with Crippen molar-refractivity contribution in [3.05, 3.63) is 106 Å². The van der Waals surface area contributed by atoms with E-state index >= 15 is 0 Å². The smallest absolute Gasteiger partial charge is 0.406 e. The lowest BCUT2D eigenvalue weighted by Crippen LogP contribution is -2.29. The van der Waals surface area contributed by atoms with E-state index in [0.29, 0.717) is 41.0 Å². The van der Waals surface area contributed by atoms with Gasteiger partial charge in [-0.15, -0.1) is 18.3 Å². The van der Waals surface area contributed by atoms with Gasteiger partial charge in [0.2, 0.25) is 4.80 Å². The number of benzene rings is 3. The van der Waals surface area contributed by atoms with Gasteiger partial charge in [0.15, 0.2) is 11.0 Å². The van der Waals surface area contributed by atoms with E-state index in [0.717, 1.165) is 22.4 Å². The van der Waals surface area contributed by atoms with Gasteiger partial charge in [-0.2, -0.15) is 4.99 Å². The number of amidine groups is 1. The van der Waals surface area contributed by atoms with Crippen LogP contribution in [0.5, 0.6) is 5.75 Å². The Hall–Kier alpha value is -4.43. The van der Waals surface area contributed by atoms with Crippen LogP contribution in [0.25, 0.3) is 22.8 Å². The number of hydrogen-bond donors (Lipinski definition) is 0. The predicted octanol–water partition coefficient (Wildman–Crippen LogP) is 6.85. The van der Waals surface area contributed by atoms with Gasteiger partial charge < -0.3 is 4.74 Å². The molecule has 3 aromatic carbocycles. The fraction of sp³-hybridized carbons (Fsp3) is 0.281. The van der Waals surface area contributed by atoms with Gasteiger partial charge in [-0.05, 0) is 78.5 Å². The molecule has 5 rings (SSSR count). The maximum Gasteiger partial charge on any atom is 0.573 e. The number of hydrogen-bond acceptors (Lipinski definition) is 7. The maximum atomic E-state index is 13.3. The number of aryl methyl sites for hydroxylation is 1. The Morgan fingerprint density at radius 3 is 2.41 bits per heavy atom. The summed E-state index contributed by atoms with van der Waals surface area (Å²) in [6.45, 7) is 7.21. The van der Waals surface area contributed by atoms with Crippen molar-refractivity contribution in [1.82, 2.24) is 23.3 Å². The highest BCUT2D eigenvalue weighted by molar-refractivity contribution is 8.13. The number of aliphatic imine (C=N–C) groups is 1. The third-order valence-electron chi connectivity index (χ3n) is 6.93. The molecule has 0 amide bonds. The molecule has 2 heterocycles. The lowest BCUT2D eigenvalue weighted by atomic mass is 10.0. The van der Waals surface area contributed by atoms with E-state index in [2.05, 4.69) is 28.7 Å². The molecule has 5 aromatic rings. The number of thioether (sulfide) groups is 1. The fourth-order valence-corrected chi connectivity index (χ4v) is 6.00. The van der Waals surface area contributed by atoms with Crippen molar-refractivity contribution in [3.8, 4) is 28.5 Å². The van der Waals surface area contributed by atoms with Crippen LogP contribution in [-0.2, 0) is 13.0 Å². The largest absolute Gasteiger partial charge is 0.573 e. The lowest BCUT2D eigenvalue weighted by Gasteiger charge is -2.12. The van der Waals surface area contributed by atoms with E-state index < -0.39 is 6.36 Å². The summed E-state index contributed by atoms with van der Waals surface area (Å²) in [6.07, 6.45) is -0.653. The summed E-state index contributed by atoms with van der Waals surface area (Å²) in [5.74, 6) is 0.410. The number of aromatic nitrogens is 5. The number of alkyl halides is 3. The Morgan fingerprint density at radius 1 is 1.04 bits per heavy atom. The van der Waals surface area contributed by atoms with Gasteiger partial charge in [0, 0.05) is 18.7 Å². The Morgan fingerprint density at radius 2 is 1.76 bits per heavy atom. The molecule has 9 nitrogen and oxygen atoms in total. The minimum atomic E-state index is -4.75. The highest BCUT2D eigenvalue weighted by Gasteiger charge is 2.31. The van der Waals surface area contributed by atoms with Crippen LogP contribution in [0.15, 0.2) is 93.9 Å². The van der Waals surface area contributed by atoms with Gasteiger partial charge >= 0.3 is 12.1 Å². The Labute approximate surface area is 271 Å². The number of ether oxygens (including phenoxy) is 1.